The number of amides is 6. The second kappa shape index (κ2) is 8.66. The zero-order valence-electron chi connectivity index (χ0n) is 15.9. The maximum Gasteiger partial charge on any atom is 0.325 e. The molecule has 1 aromatic carbocycles. The molecule has 2 rings (SSSR count). The summed E-state index contributed by atoms with van der Waals surface area (Å²) in [6, 6.07) is 7.92. The molecule has 0 radical (unpaired) electrons. The molecule has 0 aromatic heterocycles. The van der Waals surface area contributed by atoms with Gasteiger partial charge >= 0.3 is 12.1 Å². The molecule has 0 unspecified atom stereocenters. The summed E-state index contributed by atoms with van der Waals surface area (Å²) in [6.07, 6.45) is 1.26. The average molecular weight is 374 g/mol. The summed E-state index contributed by atoms with van der Waals surface area (Å²) in [6.45, 7) is 5.48. The second-order valence-corrected chi connectivity index (χ2v) is 7.30. The number of imide groups is 2. The number of nitrogens with zero attached hydrogens (tertiary/aromatic N) is 1. The van der Waals surface area contributed by atoms with E-state index < -0.39 is 36.0 Å². The number of carbonyl (C=O) groups is 4. The molecule has 1 aliphatic rings. The van der Waals surface area contributed by atoms with Gasteiger partial charge in [-0.25, -0.2) is 9.59 Å². The summed E-state index contributed by atoms with van der Waals surface area (Å²) in [7, 11) is 0. The molecule has 8 nitrogen and oxygen atoms in total. The van der Waals surface area contributed by atoms with Crippen LogP contribution in [0.25, 0.3) is 0 Å². The summed E-state index contributed by atoms with van der Waals surface area (Å²) < 4.78 is 0. The molecule has 1 saturated heterocycles. The first-order valence-electron chi connectivity index (χ1n) is 8.97. The van der Waals surface area contributed by atoms with E-state index in [0.29, 0.717) is 12.3 Å². The predicted octanol–water partition coefficient (Wildman–Crippen LogP) is 1.76. The molecule has 8 heteroatoms. The monoisotopic (exact) mass is 374 g/mol. The SMILES string of the molecule is CC(C)CC[C@@]1(C)NC(=O)N(CC(=O)NC(=O)NCc2ccccc2)C1=O. The fraction of sp³-hybridized carbons (Fsp3) is 0.474. The molecule has 0 spiro atoms. The number of carbonyl (C=O) groups excluding carboxylic acids is 4. The van der Waals surface area contributed by atoms with Gasteiger partial charge in [-0.05, 0) is 31.2 Å². The minimum Gasteiger partial charge on any atom is -0.334 e. The van der Waals surface area contributed by atoms with Gasteiger partial charge in [0.25, 0.3) is 5.91 Å². The molecule has 1 aliphatic heterocycles. The minimum absolute atomic E-state index is 0.260. The Morgan fingerprint density at radius 2 is 1.85 bits per heavy atom. The van der Waals surface area contributed by atoms with Crippen molar-refractivity contribution in [2.45, 2.75) is 45.7 Å². The molecular formula is C19H26N4O4. The van der Waals surface area contributed by atoms with Gasteiger partial charge in [-0.1, -0.05) is 44.2 Å². The molecule has 1 atom stereocenters. The van der Waals surface area contributed by atoms with Gasteiger partial charge < -0.3 is 10.6 Å². The van der Waals surface area contributed by atoms with Gasteiger partial charge in [0.1, 0.15) is 12.1 Å². The van der Waals surface area contributed by atoms with Crippen molar-refractivity contribution in [1.29, 1.82) is 0 Å². The highest BCUT2D eigenvalue weighted by Crippen LogP contribution is 2.24. The fourth-order valence-electron chi connectivity index (χ4n) is 2.77. The van der Waals surface area contributed by atoms with Crippen molar-refractivity contribution in [2.75, 3.05) is 6.54 Å². The third-order valence-corrected chi connectivity index (χ3v) is 4.42. The Morgan fingerprint density at radius 3 is 2.48 bits per heavy atom. The lowest BCUT2D eigenvalue weighted by atomic mass is 9.92. The first-order valence-corrected chi connectivity index (χ1v) is 8.97. The van der Waals surface area contributed by atoms with Crippen LogP contribution in [-0.2, 0) is 16.1 Å². The van der Waals surface area contributed by atoms with E-state index in [0.717, 1.165) is 16.9 Å². The Balaban J connectivity index is 1.84. The highest BCUT2D eigenvalue weighted by Gasteiger charge is 2.47. The maximum absolute atomic E-state index is 12.5. The second-order valence-electron chi connectivity index (χ2n) is 7.30. The van der Waals surface area contributed by atoms with Crippen LogP contribution in [0.4, 0.5) is 9.59 Å². The molecule has 0 bridgehead atoms. The number of rotatable bonds is 7. The van der Waals surface area contributed by atoms with Gasteiger partial charge in [0.05, 0.1) is 0 Å². The van der Waals surface area contributed by atoms with E-state index >= 15 is 0 Å². The van der Waals surface area contributed by atoms with Crippen LogP contribution in [0.5, 0.6) is 0 Å². The maximum atomic E-state index is 12.5. The predicted molar refractivity (Wildman–Crippen MR) is 99.5 cm³/mol. The number of benzene rings is 1. The van der Waals surface area contributed by atoms with Gasteiger partial charge in [-0.2, -0.15) is 0 Å². The van der Waals surface area contributed by atoms with Crippen LogP contribution in [0.1, 0.15) is 39.2 Å². The normalized spacial score (nSPS) is 19.2. The largest absolute Gasteiger partial charge is 0.334 e. The Kier molecular flexibility index (Phi) is 6.55. The van der Waals surface area contributed by atoms with Crippen LogP contribution >= 0.6 is 0 Å². The van der Waals surface area contributed by atoms with Gasteiger partial charge in [0.15, 0.2) is 0 Å². The third-order valence-electron chi connectivity index (χ3n) is 4.42. The number of nitrogens with one attached hydrogen (secondary N) is 3. The van der Waals surface area contributed by atoms with Gasteiger partial charge in [-0.15, -0.1) is 0 Å². The summed E-state index contributed by atoms with van der Waals surface area (Å²) >= 11 is 0. The molecule has 27 heavy (non-hydrogen) atoms. The van der Waals surface area contributed by atoms with Crippen LogP contribution in [-0.4, -0.2) is 40.9 Å². The van der Waals surface area contributed by atoms with Crippen molar-refractivity contribution >= 4 is 23.9 Å². The van der Waals surface area contributed by atoms with Crippen molar-refractivity contribution < 1.29 is 19.2 Å². The quantitative estimate of drug-likeness (QED) is 0.632. The van der Waals surface area contributed by atoms with Gasteiger partial charge in [0, 0.05) is 6.54 Å². The van der Waals surface area contributed by atoms with E-state index in [1.54, 1.807) is 6.92 Å². The molecular weight excluding hydrogens is 348 g/mol. The summed E-state index contributed by atoms with van der Waals surface area (Å²) in [4.78, 5) is 49.3. The summed E-state index contributed by atoms with van der Waals surface area (Å²) in [5.74, 6) is -0.789. The molecule has 0 aliphatic carbocycles. The van der Waals surface area contributed by atoms with Crippen molar-refractivity contribution in [2.24, 2.45) is 5.92 Å². The van der Waals surface area contributed by atoms with E-state index in [9.17, 15) is 19.2 Å². The van der Waals surface area contributed by atoms with Gasteiger partial charge in [-0.3, -0.25) is 19.8 Å². The summed E-state index contributed by atoms with van der Waals surface area (Å²) in [5.41, 5.74) is -0.132. The first-order chi connectivity index (χ1) is 12.7. The fourth-order valence-corrected chi connectivity index (χ4v) is 2.77. The highest BCUT2D eigenvalue weighted by molar-refractivity contribution is 6.09. The van der Waals surface area contributed by atoms with Crippen LogP contribution in [0, 0.1) is 5.92 Å². The zero-order chi connectivity index (χ0) is 20.0. The topological polar surface area (TPSA) is 108 Å². The van der Waals surface area contributed by atoms with Crippen molar-refractivity contribution in [1.82, 2.24) is 20.9 Å². The lowest BCUT2D eigenvalue weighted by Crippen LogP contribution is -2.47. The zero-order valence-corrected chi connectivity index (χ0v) is 15.9. The molecule has 6 amide bonds. The molecule has 0 saturated carbocycles. The highest BCUT2D eigenvalue weighted by atomic mass is 16.2. The Hall–Kier alpha value is -2.90. The smallest absolute Gasteiger partial charge is 0.325 e. The van der Waals surface area contributed by atoms with E-state index in [1.165, 1.54) is 0 Å². The van der Waals surface area contributed by atoms with E-state index in [1.807, 2.05) is 44.2 Å². The Bertz CT molecular complexity index is 720. The average Bonchev–Trinajstić information content (AvgIpc) is 2.83. The molecule has 1 aromatic rings. The lowest BCUT2D eigenvalue weighted by Gasteiger charge is -2.22. The molecule has 146 valence electrons. The first kappa shape index (κ1) is 20.4. The van der Waals surface area contributed by atoms with E-state index in [2.05, 4.69) is 16.0 Å². The van der Waals surface area contributed by atoms with Crippen molar-refractivity contribution in [3.63, 3.8) is 0 Å². The molecule has 3 N–H and O–H groups in total. The number of urea groups is 2. The van der Waals surface area contributed by atoms with Crippen LogP contribution < -0.4 is 16.0 Å². The molecule has 1 heterocycles. The minimum atomic E-state index is -1.02. The molecule has 1 fully saturated rings. The lowest BCUT2D eigenvalue weighted by molar-refractivity contribution is -0.134. The Labute approximate surface area is 158 Å². The van der Waals surface area contributed by atoms with Crippen molar-refractivity contribution in [3.05, 3.63) is 35.9 Å². The van der Waals surface area contributed by atoms with E-state index in [4.69, 9.17) is 0 Å². The van der Waals surface area contributed by atoms with Crippen molar-refractivity contribution in [3.8, 4) is 0 Å². The van der Waals surface area contributed by atoms with Crippen LogP contribution in [0.15, 0.2) is 30.3 Å². The standard InChI is InChI=1S/C19H26N4O4/c1-13(2)9-10-19(3)16(25)23(18(27)22-19)12-15(24)21-17(26)20-11-14-7-5-4-6-8-14/h4-8,13H,9-12H2,1-3H3,(H,22,27)(H2,20,21,24,26)/t19-/m1/s1. The number of hydrogen-bond acceptors (Lipinski definition) is 4. The van der Waals surface area contributed by atoms with Gasteiger partial charge in [0.2, 0.25) is 5.91 Å². The number of hydrogen-bond donors (Lipinski definition) is 3. The van der Waals surface area contributed by atoms with Crippen LogP contribution in [0.3, 0.4) is 0 Å². The van der Waals surface area contributed by atoms with Crippen LogP contribution in [0.2, 0.25) is 0 Å². The Morgan fingerprint density at radius 1 is 1.19 bits per heavy atom. The summed E-state index contributed by atoms with van der Waals surface area (Å²) in [5, 5.41) is 7.33. The third kappa shape index (κ3) is 5.54. The van der Waals surface area contributed by atoms with E-state index in [-0.39, 0.29) is 6.54 Å².